The summed E-state index contributed by atoms with van der Waals surface area (Å²) in [5, 5.41) is 2.71. The molecule has 1 fully saturated rings. The maximum Gasteiger partial charge on any atom is 0.220 e. The van der Waals surface area contributed by atoms with Crippen LogP contribution in [0.2, 0.25) is 0 Å². The minimum Gasteiger partial charge on any atom is -0.399 e. The molecule has 19 heavy (non-hydrogen) atoms. The predicted molar refractivity (Wildman–Crippen MR) is 72.6 cm³/mol. The van der Waals surface area contributed by atoms with Gasteiger partial charge in [-0.15, -0.1) is 0 Å². The number of rotatable bonds is 5. The van der Waals surface area contributed by atoms with Crippen LogP contribution in [0, 0.1) is 0 Å². The maximum atomic E-state index is 11.9. The molecule has 1 amide bonds. The topological polar surface area (TPSA) is 101 Å². The van der Waals surface area contributed by atoms with E-state index in [1.807, 2.05) is 0 Å². The lowest BCUT2D eigenvalue weighted by Gasteiger charge is -2.12. The molecule has 1 unspecified atom stereocenters. The maximum absolute atomic E-state index is 11.9. The van der Waals surface area contributed by atoms with Crippen molar-refractivity contribution in [1.29, 1.82) is 0 Å². The molecule has 1 aromatic carbocycles. The molecule has 0 aromatic heterocycles. The van der Waals surface area contributed by atoms with Crippen LogP contribution in [-0.4, -0.2) is 26.9 Å². The van der Waals surface area contributed by atoms with Crippen LogP contribution in [0.25, 0.3) is 0 Å². The van der Waals surface area contributed by atoms with Crippen molar-refractivity contribution in [2.45, 2.75) is 24.6 Å². The second-order valence-electron chi connectivity index (χ2n) is 4.66. The fourth-order valence-electron chi connectivity index (χ4n) is 2.01. The minimum atomic E-state index is -3.41. The summed E-state index contributed by atoms with van der Waals surface area (Å²) >= 11 is 0. The van der Waals surface area contributed by atoms with Crippen LogP contribution in [0.15, 0.2) is 24.3 Å². The van der Waals surface area contributed by atoms with E-state index in [9.17, 15) is 13.2 Å². The lowest BCUT2D eigenvalue weighted by molar-refractivity contribution is -0.119. The zero-order valence-corrected chi connectivity index (χ0v) is 11.2. The molecular weight excluding hydrogens is 266 g/mol. The molecule has 1 aliphatic heterocycles. The van der Waals surface area contributed by atoms with Gasteiger partial charge in [-0.25, -0.2) is 13.1 Å². The van der Waals surface area contributed by atoms with Crippen LogP contribution < -0.4 is 15.8 Å². The van der Waals surface area contributed by atoms with Crippen molar-refractivity contribution in [3.8, 4) is 0 Å². The average molecular weight is 283 g/mol. The van der Waals surface area contributed by atoms with E-state index in [1.165, 1.54) is 0 Å². The molecule has 0 spiro atoms. The monoisotopic (exact) mass is 283 g/mol. The highest BCUT2D eigenvalue weighted by atomic mass is 32.2. The number of carbonyl (C=O) groups is 1. The van der Waals surface area contributed by atoms with E-state index in [0.717, 1.165) is 0 Å². The third kappa shape index (κ3) is 4.22. The first kappa shape index (κ1) is 13.8. The highest BCUT2D eigenvalue weighted by Gasteiger charge is 2.22. The van der Waals surface area contributed by atoms with Crippen molar-refractivity contribution >= 4 is 21.6 Å². The average Bonchev–Trinajstić information content (AvgIpc) is 2.72. The lowest BCUT2D eigenvalue weighted by atomic mass is 10.2. The van der Waals surface area contributed by atoms with E-state index in [-0.39, 0.29) is 24.2 Å². The number of hydrogen-bond acceptors (Lipinski definition) is 4. The SMILES string of the molecule is Nc1cccc(CS(=O)(=O)NCC2CCC(=O)N2)c1. The number of sulfonamides is 1. The molecule has 0 aliphatic carbocycles. The number of nitrogen functional groups attached to an aromatic ring is 1. The van der Waals surface area contributed by atoms with Crippen LogP contribution in [0.5, 0.6) is 0 Å². The van der Waals surface area contributed by atoms with Crippen LogP contribution in [0.1, 0.15) is 18.4 Å². The van der Waals surface area contributed by atoms with Crippen LogP contribution in [0.3, 0.4) is 0 Å². The van der Waals surface area contributed by atoms with Crippen molar-refractivity contribution in [3.63, 3.8) is 0 Å². The van der Waals surface area contributed by atoms with Gasteiger partial charge in [0.1, 0.15) is 0 Å². The molecule has 104 valence electrons. The van der Waals surface area contributed by atoms with Crippen molar-refractivity contribution in [2.24, 2.45) is 0 Å². The molecular formula is C12H17N3O3S. The number of hydrogen-bond donors (Lipinski definition) is 3. The molecule has 1 heterocycles. The van der Waals surface area contributed by atoms with Gasteiger partial charge in [0.05, 0.1) is 5.75 Å². The van der Waals surface area contributed by atoms with Crippen LogP contribution in [0.4, 0.5) is 5.69 Å². The Hall–Kier alpha value is -1.60. The molecule has 2 rings (SSSR count). The van der Waals surface area contributed by atoms with E-state index >= 15 is 0 Å². The summed E-state index contributed by atoms with van der Waals surface area (Å²) in [5.74, 6) is -0.140. The first-order chi connectivity index (χ1) is 8.94. The van der Waals surface area contributed by atoms with Crippen molar-refractivity contribution in [1.82, 2.24) is 10.0 Å². The Kier molecular flexibility index (Phi) is 4.06. The summed E-state index contributed by atoms with van der Waals surface area (Å²) in [4.78, 5) is 11.0. The molecule has 6 nitrogen and oxygen atoms in total. The Morgan fingerprint density at radius 3 is 2.84 bits per heavy atom. The molecule has 1 aromatic rings. The fourth-order valence-corrected chi connectivity index (χ4v) is 3.19. The zero-order valence-electron chi connectivity index (χ0n) is 10.4. The molecule has 1 saturated heterocycles. The molecule has 0 radical (unpaired) electrons. The van der Waals surface area contributed by atoms with Crippen molar-refractivity contribution in [2.75, 3.05) is 12.3 Å². The highest BCUT2D eigenvalue weighted by molar-refractivity contribution is 7.88. The van der Waals surface area contributed by atoms with Gasteiger partial charge in [-0.05, 0) is 24.1 Å². The molecule has 0 saturated carbocycles. The molecule has 4 N–H and O–H groups in total. The lowest BCUT2D eigenvalue weighted by Crippen LogP contribution is -2.38. The van der Waals surface area contributed by atoms with Gasteiger partial charge in [0.15, 0.2) is 0 Å². The van der Waals surface area contributed by atoms with E-state index in [0.29, 0.717) is 24.1 Å². The Balaban J connectivity index is 1.90. The normalized spacial score (nSPS) is 19.4. The summed E-state index contributed by atoms with van der Waals surface area (Å²) in [6, 6.07) is 6.67. The van der Waals surface area contributed by atoms with Crippen LogP contribution in [-0.2, 0) is 20.6 Å². The first-order valence-electron chi connectivity index (χ1n) is 6.06. The van der Waals surface area contributed by atoms with E-state index < -0.39 is 10.0 Å². The zero-order chi connectivity index (χ0) is 13.9. The first-order valence-corrected chi connectivity index (χ1v) is 7.71. The second-order valence-corrected chi connectivity index (χ2v) is 6.46. The predicted octanol–water partition coefficient (Wildman–Crippen LogP) is -0.0332. The summed E-state index contributed by atoms with van der Waals surface area (Å²) < 4.78 is 26.3. The van der Waals surface area contributed by atoms with Gasteiger partial charge < -0.3 is 11.1 Å². The van der Waals surface area contributed by atoms with Crippen LogP contribution >= 0.6 is 0 Å². The second kappa shape index (κ2) is 5.58. The van der Waals surface area contributed by atoms with Gasteiger partial charge in [0, 0.05) is 24.7 Å². The van der Waals surface area contributed by atoms with Gasteiger partial charge in [0.2, 0.25) is 15.9 Å². The quantitative estimate of drug-likeness (QED) is 0.660. The molecule has 1 aliphatic rings. The number of carbonyl (C=O) groups excluding carboxylic acids is 1. The van der Waals surface area contributed by atoms with Gasteiger partial charge in [-0.3, -0.25) is 4.79 Å². The van der Waals surface area contributed by atoms with E-state index in [4.69, 9.17) is 5.73 Å². The largest absolute Gasteiger partial charge is 0.399 e. The summed E-state index contributed by atoms with van der Waals surface area (Å²) in [5.41, 5.74) is 6.78. The summed E-state index contributed by atoms with van der Waals surface area (Å²) in [7, 11) is -3.41. The van der Waals surface area contributed by atoms with Crippen molar-refractivity contribution in [3.05, 3.63) is 29.8 Å². The van der Waals surface area contributed by atoms with Gasteiger partial charge in [-0.1, -0.05) is 12.1 Å². The number of benzene rings is 1. The summed E-state index contributed by atoms with van der Waals surface area (Å²) in [6.45, 7) is 0.233. The molecule has 1 atom stereocenters. The number of anilines is 1. The molecule has 7 heteroatoms. The Bertz CT molecular complexity index is 571. The van der Waals surface area contributed by atoms with Gasteiger partial charge in [0.25, 0.3) is 0 Å². The van der Waals surface area contributed by atoms with E-state index in [1.54, 1.807) is 24.3 Å². The highest BCUT2D eigenvalue weighted by Crippen LogP contribution is 2.10. The Labute approximate surface area is 112 Å². The number of nitrogens with two attached hydrogens (primary N) is 1. The van der Waals surface area contributed by atoms with Gasteiger partial charge in [-0.2, -0.15) is 0 Å². The minimum absolute atomic E-state index is 0.0277. The molecule has 0 bridgehead atoms. The van der Waals surface area contributed by atoms with Crippen molar-refractivity contribution < 1.29 is 13.2 Å². The van der Waals surface area contributed by atoms with Gasteiger partial charge >= 0.3 is 0 Å². The van der Waals surface area contributed by atoms with E-state index in [2.05, 4.69) is 10.0 Å². The number of nitrogens with one attached hydrogen (secondary N) is 2. The fraction of sp³-hybridized carbons (Fsp3) is 0.417. The third-order valence-electron chi connectivity index (χ3n) is 2.94. The smallest absolute Gasteiger partial charge is 0.220 e. The standard InChI is InChI=1S/C12H17N3O3S/c13-10-3-1-2-9(6-10)8-19(17,18)14-7-11-4-5-12(16)15-11/h1-3,6,11,14H,4-5,7-8,13H2,(H,15,16). The number of amides is 1. The Morgan fingerprint density at radius 1 is 1.42 bits per heavy atom. The third-order valence-corrected chi connectivity index (χ3v) is 4.26. The summed E-state index contributed by atoms with van der Waals surface area (Å²) in [6.07, 6.45) is 1.13. The Morgan fingerprint density at radius 2 is 2.21 bits per heavy atom.